The molecule has 0 spiro atoms. The molecule has 3 aromatic rings. The molecule has 0 amide bonds. The molecule has 1 heterocycles. The minimum Gasteiger partial charge on any atom is -0.423 e. The van der Waals surface area contributed by atoms with Gasteiger partial charge in [0, 0.05) is 13.1 Å². The van der Waals surface area contributed by atoms with Crippen LogP contribution in [0, 0.1) is 11.3 Å². The highest BCUT2D eigenvalue weighted by Gasteiger charge is 2.10. The van der Waals surface area contributed by atoms with Crippen LogP contribution in [-0.2, 0) is 7.05 Å². The Balaban J connectivity index is 1.83. The first-order chi connectivity index (χ1) is 10.2. The van der Waals surface area contributed by atoms with Gasteiger partial charge < -0.3 is 9.30 Å². The van der Waals surface area contributed by atoms with E-state index < -0.39 is 5.97 Å². The number of imidazole rings is 1. The number of nitriles is 1. The largest absolute Gasteiger partial charge is 0.423 e. The predicted molar refractivity (Wildman–Crippen MR) is 76.8 cm³/mol. The molecule has 5 heteroatoms. The van der Waals surface area contributed by atoms with Crippen molar-refractivity contribution in [1.82, 2.24) is 9.55 Å². The van der Waals surface area contributed by atoms with Crippen LogP contribution >= 0.6 is 0 Å². The Bertz CT molecular complexity index is 857. The highest BCUT2D eigenvalue weighted by atomic mass is 16.5. The molecular formula is C16H11N3O2. The van der Waals surface area contributed by atoms with Crippen molar-refractivity contribution in [2.45, 2.75) is 0 Å². The summed E-state index contributed by atoms with van der Waals surface area (Å²) in [6.45, 7) is 0. The standard InChI is InChI=1S/C16H11N3O2/c1-19-10-18-14-8-13(6-7-15(14)19)21-16(20)12-4-2-11(9-17)3-5-12/h2-8,10H,1H3. The summed E-state index contributed by atoms with van der Waals surface area (Å²) in [5.41, 5.74) is 2.63. The maximum atomic E-state index is 12.0. The molecule has 0 saturated heterocycles. The summed E-state index contributed by atoms with van der Waals surface area (Å²) >= 11 is 0. The molecule has 21 heavy (non-hydrogen) atoms. The number of hydrogen-bond donors (Lipinski definition) is 0. The molecule has 102 valence electrons. The Morgan fingerprint density at radius 1 is 1.24 bits per heavy atom. The van der Waals surface area contributed by atoms with E-state index in [2.05, 4.69) is 4.98 Å². The number of ether oxygens (including phenoxy) is 1. The first-order valence-corrected chi connectivity index (χ1v) is 6.31. The van der Waals surface area contributed by atoms with Crippen molar-refractivity contribution in [3.8, 4) is 11.8 Å². The van der Waals surface area contributed by atoms with Gasteiger partial charge in [0.25, 0.3) is 0 Å². The number of esters is 1. The second-order valence-corrected chi connectivity index (χ2v) is 4.58. The SMILES string of the molecule is Cn1cnc2cc(OC(=O)c3ccc(C#N)cc3)ccc21. The fourth-order valence-corrected chi connectivity index (χ4v) is 2.03. The van der Waals surface area contributed by atoms with Crippen LogP contribution in [0.25, 0.3) is 11.0 Å². The van der Waals surface area contributed by atoms with E-state index in [0.717, 1.165) is 11.0 Å². The molecule has 0 N–H and O–H groups in total. The number of fused-ring (bicyclic) bond motifs is 1. The van der Waals surface area contributed by atoms with Gasteiger partial charge in [0.2, 0.25) is 0 Å². The van der Waals surface area contributed by atoms with Crippen LogP contribution in [0.3, 0.4) is 0 Å². The zero-order valence-electron chi connectivity index (χ0n) is 11.3. The molecule has 0 bridgehead atoms. The lowest BCUT2D eigenvalue weighted by molar-refractivity contribution is 0.0735. The first-order valence-electron chi connectivity index (χ1n) is 6.31. The van der Waals surface area contributed by atoms with Crippen LogP contribution in [0.5, 0.6) is 5.75 Å². The number of carbonyl (C=O) groups is 1. The Labute approximate surface area is 121 Å². The van der Waals surface area contributed by atoms with Gasteiger partial charge in [-0.3, -0.25) is 0 Å². The molecule has 0 aliphatic rings. The van der Waals surface area contributed by atoms with Crippen molar-refractivity contribution in [1.29, 1.82) is 5.26 Å². The van der Waals surface area contributed by atoms with E-state index >= 15 is 0 Å². The molecule has 5 nitrogen and oxygen atoms in total. The van der Waals surface area contributed by atoms with E-state index in [9.17, 15) is 4.79 Å². The van der Waals surface area contributed by atoms with Crippen LogP contribution < -0.4 is 4.74 Å². The Morgan fingerprint density at radius 2 is 2.00 bits per heavy atom. The maximum absolute atomic E-state index is 12.0. The van der Waals surface area contributed by atoms with E-state index in [0.29, 0.717) is 16.9 Å². The molecule has 0 fully saturated rings. The lowest BCUT2D eigenvalue weighted by Gasteiger charge is -2.04. The van der Waals surface area contributed by atoms with Crippen molar-refractivity contribution in [2.24, 2.45) is 7.05 Å². The number of benzene rings is 2. The fraction of sp³-hybridized carbons (Fsp3) is 0.0625. The summed E-state index contributed by atoms with van der Waals surface area (Å²) in [4.78, 5) is 16.2. The van der Waals surface area contributed by atoms with Crippen LogP contribution in [0.15, 0.2) is 48.8 Å². The molecule has 0 unspecified atom stereocenters. The van der Waals surface area contributed by atoms with Gasteiger partial charge in [-0.05, 0) is 36.4 Å². The molecule has 2 aromatic carbocycles. The summed E-state index contributed by atoms with van der Waals surface area (Å²) in [6, 6.07) is 13.6. The van der Waals surface area contributed by atoms with Gasteiger partial charge in [-0.15, -0.1) is 0 Å². The second-order valence-electron chi connectivity index (χ2n) is 4.58. The molecule has 0 aliphatic heterocycles. The number of aryl methyl sites for hydroxylation is 1. The summed E-state index contributed by atoms with van der Waals surface area (Å²) in [7, 11) is 1.90. The van der Waals surface area contributed by atoms with Gasteiger partial charge in [-0.2, -0.15) is 5.26 Å². The van der Waals surface area contributed by atoms with Crippen LogP contribution in [-0.4, -0.2) is 15.5 Å². The maximum Gasteiger partial charge on any atom is 0.343 e. The minimum atomic E-state index is -0.463. The third-order valence-electron chi connectivity index (χ3n) is 3.16. The monoisotopic (exact) mass is 277 g/mol. The van der Waals surface area contributed by atoms with Crippen LogP contribution in [0.1, 0.15) is 15.9 Å². The molecule has 3 rings (SSSR count). The van der Waals surface area contributed by atoms with Gasteiger partial charge in [0.1, 0.15) is 5.75 Å². The Morgan fingerprint density at radius 3 is 2.71 bits per heavy atom. The van der Waals surface area contributed by atoms with E-state index in [4.69, 9.17) is 10.00 Å². The first kappa shape index (κ1) is 12.9. The van der Waals surface area contributed by atoms with E-state index in [1.54, 1.807) is 42.7 Å². The van der Waals surface area contributed by atoms with Gasteiger partial charge in [-0.1, -0.05) is 0 Å². The topological polar surface area (TPSA) is 67.9 Å². The third-order valence-corrected chi connectivity index (χ3v) is 3.16. The molecule has 0 aliphatic carbocycles. The van der Waals surface area contributed by atoms with E-state index in [-0.39, 0.29) is 0 Å². The smallest absolute Gasteiger partial charge is 0.343 e. The lowest BCUT2D eigenvalue weighted by atomic mass is 10.1. The highest BCUT2D eigenvalue weighted by molar-refractivity contribution is 5.91. The molecule has 1 aromatic heterocycles. The van der Waals surface area contributed by atoms with Crippen molar-refractivity contribution in [3.05, 3.63) is 59.9 Å². The van der Waals surface area contributed by atoms with Gasteiger partial charge in [0.05, 0.1) is 34.6 Å². The number of aromatic nitrogens is 2. The van der Waals surface area contributed by atoms with Crippen molar-refractivity contribution in [3.63, 3.8) is 0 Å². The number of carbonyl (C=O) groups excluding carboxylic acids is 1. The summed E-state index contributed by atoms with van der Waals surface area (Å²) in [6.07, 6.45) is 1.71. The van der Waals surface area contributed by atoms with Crippen LogP contribution in [0.2, 0.25) is 0 Å². The highest BCUT2D eigenvalue weighted by Crippen LogP contribution is 2.20. The number of nitrogens with zero attached hydrogens (tertiary/aromatic N) is 3. The predicted octanol–water partition coefficient (Wildman–Crippen LogP) is 2.66. The summed E-state index contributed by atoms with van der Waals surface area (Å²) in [5.74, 6) is -0.0228. The van der Waals surface area contributed by atoms with Crippen molar-refractivity contribution >= 4 is 17.0 Å². The van der Waals surface area contributed by atoms with Crippen LogP contribution in [0.4, 0.5) is 0 Å². The summed E-state index contributed by atoms with van der Waals surface area (Å²) in [5, 5.41) is 8.73. The minimum absolute atomic E-state index is 0.398. The van der Waals surface area contributed by atoms with E-state index in [1.165, 1.54) is 0 Å². The van der Waals surface area contributed by atoms with Gasteiger partial charge >= 0.3 is 5.97 Å². The number of hydrogen-bond acceptors (Lipinski definition) is 4. The molecule has 0 radical (unpaired) electrons. The molecular weight excluding hydrogens is 266 g/mol. The Kier molecular flexibility index (Phi) is 3.13. The second kappa shape index (κ2) is 5.10. The average Bonchev–Trinajstić information content (AvgIpc) is 2.88. The van der Waals surface area contributed by atoms with Gasteiger partial charge in [0.15, 0.2) is 0 Å². The average molecular weight is 277 g/mol. The number of rotatable bonds is 2. The molecule has 0 saturated carbocycles. The zero-order chi connectivity index (χ0) is 14.8. The van der Waals surface area contributed by atoms with Crippen molar-refractivity contribution in [2.75, 3.05) is 0 Å². The zero-order valence-corrected chi connectivity index (χ0v) is 11.3. The lowest BCUT2D eigenvalue weighted by Crippen LogP contribution is -2.08. The fourth-order valence-electron chi connectivity index (χ4n) is 2.03. The van der Waals surface area contributed by atoms with Gasteiger partial charge in [-0.25, -0.2) is 9.78 Å². The molecule has 0 atom stereocenters. The summed E-state index contributed by atoms with van der Waals surface area (Å²) < 4.78 is 7.21. The van der Waals surface area contributed by atoms with E-state index in [1.807, 2.05) is 23.8 Å². The van der Waals surface area contributed by atoms with Crippen molar-refractivity contribution < 1.29 is 9.53 Å². The third kappa shape index (κ3) is 2.47. The normalized spacial score (nSPS) is 10.3. The quantitative estimate of drug-likeness (QED) is 0.533. The Hall–Kier alpha value is -3.13.